The zero-order valence-electron chi connectivity index (χ0n) is 15.5. The monoisotopic (exact) mass is 409 g/mol. The lowest BCUT2D eigenvalue weighted by Gasteiger charge is -2.29. The van der Waals surface area contributed by atoms with Crippen LogP contribution in [-0.4, -0.2) is 18.0 Å². The van der Waals surface area contributed by atoms with Crippen LogP contribution in [0.1, 0.15) is 69.8 Å². The summed E-state index contributed by atoms with van der Waals surface area (Å²) in [7, 11) is 0. The van der Waals surface area contributed by atoms with Crippen LogP contribution in [0.2, 0.25) is 10.0 Å². The number of carbonyl (C=O) groups excluding carboxylic acids is 2. The number of allylic oxidation sites excluding steroid dienone is 1. The highest BCUT2D eigenvalue weighted by atomic mass is 35.5. The van der Waals surface area contributed by atoms with Gasteiger partial charge in [0.1, 0.15) is 6.10 Å². The molecule has 1 fully saturated rings. The topological polar surface area (TPSA) is 55.4 Å². The van der Waals surface area contributed by atoms with Crippen molar-refractivity contribution in [2.45, 2.75) is 70.3 Å². The predicted molar refractivity (Wildman–Crippen MR) is 107 cm³/mol. The first-order chi connectivity index (χ1) is 13.0. The number of hydrogen-bond acceptors (Lipinski definition) is 3. The molecule has 27 heavy (non-hydrogen) atoms. The van der Waals surface area contributed by atoms with E-state index in [-0.39, 0.29) is 24.4 Å². The van der Waals surface area contributed by atoms with Crippen molar-refractivity contribution < 1.29 is 14.3 Å². The summed E-state index contributed by atoms with van der Waals surface area (Å²) in [6.07, 6.45) is 7.70. The van der Waals surface area contributed by atoms with E-state index in [0.29, 0.717) is 21.3 Å². The molecule has 3 rings (SSSR count). The minimum atomic E-state index is -0.426. The molecule has 0 spiro atoms. The number of benzene rings is 1. The number of carbonyl (C=O) groups is 2. The summed E-state index contributed by atoms with van der Waals surface area (Å²) in [5.41, 5.74) is 1.75. The fourth-order valence-electron chi connectivity index (χ4n) is 3.97. The molecule has 1 atom stereocenters. The average Bonchev–Trinajstić information content (AvgIpc) is 2.56. The summed E-state index contributed by atoms with van der Waals surface area (Å²) in [6.45, 7) is 1.74. The standard InChI is InChI=1S/C21H25Cl2NO3/c1-13-20(21(26)27-15-7-5-3-2-4-6-8-15)17(12-19(25)24-13)16-10-9-14(22)11-18(16)23/h9-11,15,17H,2-8,12H2,1H3,(H,24,25)/t17-/m0/s1. The molecule has 0 bridgehead atoms. The lowest BCUT2D eigenvalue weighted by molar-refractivity contribution is -0.145. The van der Waals surface area contributed by atoms with E-state index in [9.17, 15) is 9.59 Å². The van der Waals surface area contributed by atoms with Crippen LogP contribution >= 0.6 is 23.2 Å². The van der Waals surface area contributed by atoms with Gasteiger partial charge in [0.15, 0.2) is 0 Å². The summed E-state index contributed by atoms with van der Waals surface area (Å²) in [5, 5.41) is 3.74. The molecule has 0 radical (unpaired) electrons. The van der Waals surface area contributed by atoms with E-state index in [2.05, 4.69) is 5.32 Å². The van der Waals surface area contributed by atoms with Crippen molar-refractivity contribution in [2.24, 2.45) is 0 Å². The van der Waals surface area contributed by atoms with Gasteiger partial charge in [0.2, 0.25) is 5.91 Å². The fourth-order valence-corrected chi connectivity index (χ4v) is 4.51. The minimum absolute atomic E-state index is 0.0583. The Bertz CT molecular complexity index is 752. The van der Waals surface area contributed by atoms with Crippen LogP contribution in [0, 0.1) is 0 Å². The number of hydrogen-bond donors (Lipinski definition) is 1. The van der Waals surface area contributed by atoms with Crippen molar-refractivity contribution in [2.75, 3.05) is 0 Å². The van der Waals surface area contributed by atoms with Gasteiger partial charge in [0, 0.05) is 28.1 Å². The normalized spacial score (nSPS) is 22.0. The van der Waals surface area contributed by atoms with Crippen molar-refractivity contribution in [1.82, 2.24) is 5.32 Å². The number of ether oxygens (including phenoxy) is 1. The van der Waals surface area contributed by atoms with Crippen molar-refractivity contribution >= 4 is 35.1 Å². The van der Waals surface area contributed by atoms with Crippen molar-refractivity contribution in [3.63, 3.8) is 0 Å². The van der Waals surface area contributed by atoms with Gasteiger partial charge in [-0.05, 0) is 50.3 Å². The molecule has 1 aromatic carbocycles. The molecule has 6 heteroatoms. The summed E-state index contributed by atoms with van der Waals surface area (Å²) >= 11 is 12.4. The Kier molecular flexibility index (Phi) is 6.83. The Balaban J connectivity index is 1.85. The molecule has 0 aromatic heterocycles. The molecule has 2 aliphatic rings. The van der Waals surface area contributed by atoms with Gasteiger partial charge in [-0.2, -0.15) is 0 Å². The zero-order chi connectivity index (χ0) is 19.4. The SMILES string of the molecule is CC1=C(C(=O)OC2CCCCCCC2)[C@H](c2ccc(Cl)cc2Cl)CC(=O)N1. The van der Waals surface area contributed by atoms with Gasteiger partial charge < -0.3 is 10.1 Å². The van der Waals surface area contributed by atoms with Gasteiger partial charge in [-0.1, -0.05) is 48.5 Å². The van der Waals surface area contributed by atoms with E-state index in [1.54, 1.807) is 25.1 Å². The fraction of sp³-hybridized carbons (Fsp3) is 0.524. The average molecular weight is 410 g/mol. The first-order valence-corrected chi connectivity index (χ1v) is 10.4. The third-order valence-electron chi connectivity index (χ3n) is 5.35. The van der Waals surface area contributed by atoms with Crippen LogP contribution < -0.4 is 5.32 Å². The van der Waals surface area contributed by atoms with Crippen LogP contribution in [0.4, 0.5) is 0 Å². The van der Waals surface area contributed by atoms with E-state index in [1.165, 1.54) is 19.3 Å². The highest BCUT2D eigenvalue weighted by molar-refractivity contribution is 6.35. The first kappa shape index (κ1) is 20.2. The van der Waals surface area contributed by atoms with Crippen molar-refractivity contribution in [1.29, 1.82) is 0 Å². The van der Waals surface area contributed by atoms with E-state index < -0.39 is 5.92 Å². The Morgan fingerprint density at radius 3 is 2.44 bits per heavy atom. The van der Waals surface area contributed by atoms with Gasteiger partial charge in [0.05, 0.1) is 5.57 Å². The maximum absolute atomic E-state index is 13.0. The third kappa shape index (κ3) is 5.05. The molecule has 146 valence electrons. The van der Waals surface area contributed by atoms with Crippen LogP contribution in [0.25, 0.3) is 0 Å². The number of esters is 1. The largest absolute Gasteiger partial charge is 0.459 e. The first-order valence-electron chi connectivity index (χ1n) is 9.62. The second kappa shape index (κ2) is 9.11. The summed E-state index contributed by atoms with van der Waals surface area (Å²) in [6, 6.07) is 5.14. The predicted octanol–water partition coefficient (Wildman–Crippen LogP) is 5.53. The molecule has 1 heterocycles. The lowest BCUT2D eigenvalue weighted by atomic mass is 9.84. The Morgan fingerprint density at radius 1 is 1.11 bits per heavy atom. The van der Waals surface area contributed by atoms with Gasteiger partial charge in [-0.25, -0.2) is 4.79 Å². The highest BCUT2D eigenvalue weighted by Crippen LogP contribution is 2.38. The number of amides is 1. The molecular formula is C21H25Cl2NO3. The van der Waals surface area contributed by atoms with Crippen LogP contribution in [0.15, 0.2) is 29.5 Å². The van der Waals surface area contributed by atoms with Gasteiger partial charge in [-0.3, -0.25) is 4.79 Å². The van der Waals surface area contributed by atoms with Crippen molar-refractivity contribution in [3.05, 3.63) is 45.1 Å². The molecule has 0 unspecified atom stereocenters. The second-order valence-electron chi connectivity index (χ2n) is 7.38. The zero-order valence-corrected chi connectivity index (χ0v) is 17.0. The number of halogens is 2. The quantitative estimate of drug-likeness (QED) is 0.667. The van der Waals surface area contributed by atoms with E-state index in [4.69, 9.17) is 27.9 Å². The molecule has 1 amide bonds. The third-order valence-corrected chi connectivity index (χ3v) is 5.92. The van der Waals surface area contributed by atoms with Crippen LogP contribution in [0.3, 0.4) is 0 Å². The van der Waals surface area contributed by atoms with Crippen LogP contribution in [0.5, 0.6) is 0 Å². The molecule has 1 saturated carbocycles. The smallest absolute Gasteiger partial charge is 0.336 e. The van der Waals surface area contributed by atoms with Gasteiger partial charge >= 0.3 is 5.97 Å². The molecule has 1 aromatic rings. The van der Waals surface area contributed by atoms with E-state index in [1.807, 2.05) is 0 Å². The highest BCUT2D eigenvalue weighted by Gasteiger charge is 2.34. The summed E-state index contributed by atoms with van der Waals surface area (Å²) in [5.74, 6) is -0.912. The number of nitrogens with one attached hydrogen (secondary N) is 1. The minimum Gasteiger partial charge on any atom is -0.459 e. The van der Waals surface area contributed by atoms with Gasteiger partial charge in [0.25, 0.3) is 0 Å². The molecule has 4 nitrogen and oxygen atoms in total. The Morgan fingerprint density at radius 2 is 1.78 bits per heavy atom. The molecule has 0 saturated heterocycles. The molecule has 1 aliphatic carbocycles. The second-order valence-corrected chi connectivity index (χ2v) is 8.23. The van der Waals surface area contributed by atoms with E-state index >= 15 is 0 Å². The van der Waals surface area contributed by atoms with Crippen molar-refractivity contribution in [3.8, 4) is 0 Å². The summed E-state index contributed by atoms with van der Waals surface area (Å²) < 4.78 is 5.87. The maximum atomic E-state index is 13.0. The summed E-state index contributed by atoms with van der Waals surface area (Å²) in [4.78, 5) is 25.2. The number of rotatable bonds is 3. The lowest BCUT2D eigenvalue weighted by Crippen LogP contribution is -2.35. The maximum Gasteiger partial charge on any atom is 0.336 e. The molecule has 1 aliphatic heterocycles. The van der Waals surface area contributed by atoms with E-state index in [0.717, 1.165) is 31.2 Å². The molecular weight excluding hydrogens is 385 g/mol. The molecule has 1 N–H and O–H groups in total. The van der Waals surface area contributed by atoms with Gasteiger partial charge in [-0.15, -0.1) is 0 Å². The van der Waals surface area contributed by atoms with Crippen LogP contribution in [-0.2, 0) is 14.3 Å². The Labute approximate surface area is 170 Å². The Hall–Kier alpha value is -1.52.